The molecular formula is C11H9F2NO. The van der Waals surface area contributed by atoms with Gasteiger partial charge in [0.05, 0.1) is 11.2 Å². The van der Waals surface area contributed by atoms with Gasteiger partial charge in [0, 0.05) is 5.39 Å². The third-order valence-corrected chi connectivity index (χ3v) is 2.16. The van der Waals surface area contributed by atoms with E-state index in [0.29, 0.717) is 5.52 Å². The van der Waals surface area contributed by atoms with Crippen molar-refractivity contribution in [2.24, 2.45) is 0 Å². The van der Waals surface area contributed by atoms with E-state index in [2.05, 4.69) is 4.98 Å². The number of benzene rings is 1. The van der Waals surface area contributed by atoms with E-state index >= 15 is 0 Å². The highest BCUT2D eigenvalue weighted by Crippen LogP contribution is 2.21. The van der Waals surface area contributed by atoms with Crippen molar-refractivity contribution >= 4 is 10.9 Å². The number of aliphatic hydroxyl groups excluding tert-OH is 1. The fourth-order valence-electron chi connectivity index (χ4n) is 1.38. The van der Waals surface area contributed by atoms with E-state index in [4.69, 9.17) is 5.11 Å². The van der Waals surface area contributed by atoms with Gasteiger partial charge < -0.3 is 5.11 Å². The molecule has 0 bridgehead atoms. The molecule has 0 radical (unpaired) electrons. The van der Waals surface area contributed by atoms with Gasteiger partial charge in [-0.15, -0.1) is 0 Å². The van der Waals surface area contributed by atoms with E-state index in [-0.39, 0.29) is 5.69 Å². The summed E-state index contributed by atoms with van der Waals surface area (Å²) in [6, 6.07) is 10.3. The Morgan fingerprint density at radius 1 is 1.07 bits per heavy atom. The fraction of sp³-hybridized carbons (Fsp3) is 0.182. The molecule has 0 amide bonds. The second kappa shape index (κ2) is 3.90. The predicted molar refractivity (Wildman–Crippen MR) is 52.7 cm³/mol. The number of hydrogen-bond acceptors (Lipinski definition) is 2. The minimum atomic E-state index is -2.81. The number of aliphatic hydroxyl groups is 1. The fourth-order valence-corrected chi connectivity index (χ4v) is 1.38. The van der Waals surface area contributed by atoms with Gasteiger partial charge in [0.15, 0.2) is 6.10 Å². The maximum absolute atomic E-state index is 12.2. The summed E-state index contributed by atoms with van der Waals surface area (Å²) in [5.41, 5.74) is 0.610. The van der Waals surface area contributed by atoms with E-state index in [1.165, 1.54) is 6.07 Å². The summed E-state index contributed by atoms with van der Waals surface area (Å²) in [7, 11) is 0. The first-order valence-corrected chi connectivity index (χ1v) is 4.50. The maximum Gasteiger partial charge on any atom is 0.269 e. The first-order valence-electron chi connectivity index (χ1n) is 4.50. The molecule has 1 N–H and O–H groups in total. The molecule has 1 aromatic carbocycles. The van der Waals surface area contributed by atoms with Crippen molar-refractivity contribution in [1.29, 1.82) is 0 Å². The van der Waals surface area contributed by atoms with Crippen LogP contribution in [0.1, 0.15) is 11.8 Å². The number of pyridine rings is 1. The van der Waals surface area contributed by atoms with Crippen LogP contribution in [0.5, 0.6) is 0 Å². The van der Waals surface area contributed by atoms with Crippen LogP contribution in [0.15, 0.2) is 36.4 Å². The molecule has 0 spiro atoms. The third-order valence-electron chi connectivity index (χ3n) is 2.16. The minimum absolute atomic E-state index is 0.00343. The molecule has 1 unspecified atom stereocenters. The van der Waals surface area contributed by atoms with Crippen molar-refractivity contribution < 1.29 is 13.9 Å². The van der Waals surface area contributed by atoms with Crippen molar-refractivity contribution in [3.8, 4) is 0 Å². The number of fused-ring (bicyclic) bond motifs is 1. The van der Waals surface area contributed by atoms with Crippen LogP contribution in [0.3, 0.4) is 0 Å². The van der Waals surface area contributed by atoms with Crippen molar-refractivity contribution in [1.82, 2.24) is 4.98 Å². The average molecular weight is 209 g/mol. The van der Waals surface area contributed by atoms with Gasteiger partial charge >= 0.3 is 0 Å². The number of alkyl halides is 2. The molecule has 1 heterocycles. The molecule has 0 saturated heterocycles. The van der Waals surface area contributed by atoms with Gasteiger partial charge in [-0.25, -0.2) is 13.8 Å². The van der Waals surface area contributed by atoms with Crippen LogP contribution in [-0.2, 0) is 0 Å². The highest BCUT2D eigenvalue weighted by atomic mass is 19.3. The Hall–Kier alpha value is -1.55. The minimum Gasteiger partial charge on any atom is -0.381 e. The molecule has 0 aliphatic carbocycles. The topological polar surface area (TPSA) is 33.1 Å². The Bertz CT molecular complexity index is 473. The molecule has 78 valence electrons. The molecule has 0 aliphatic heterocycles. The predicted octanol–water partition coefficient (Wildman–Crippen LogP) is 2.53. The SMILES string of the molecule is OC(c1ccc2ccccc2n1)C(F)F. The zero-order chi connectivity index (χ0) is 10.8. The normalized spacial score (nSPS) is 13.3. The summed E-state index contributed by atoms with van der Waals surface area (Å²) in [6.07, 6.45) is -4.62. The molecule has 0 fully saturated rings. The molecule has 0 saturated carbocycles. The lowest BCUT2D eigenvalue weighted by Crippen LogP contribution is -2.09. The monoisotopic (exact) mass is 209 g/mol. The number of halogens is 2. The first-order chi connectivity index (χ1) is 7.18. The zero-order valence-electron chi connectivity index (χ0n) is 7.77. The molecule has 4 heteroatoms. The van der Waals surface area contributed by atoms with Crippen molar-refractivity contribution in [3.05, 3.63) is 42.1 Å². The summed E-state index contributed by atoms with van der Waals surface area (Å²) in [5, 5.41) is 10.0. The third kappa shape index (κ3) is 1.94. The number of para-hydroxylation sites is 1. The van der Waals surface area contributed by atoms with Crippen LogP contribution in [-0.4, -0.2) is 16.5 Å². The lowest BCUT2D eigenvalue weighted by molar-refractivity contribution is -0.00802. The Morgan fingerprint density at radius 2 is 1.80 bits per heavy atom. The summed E-state index contributed by atoms with van der Waals surface area (Å²) < 4.78 is 24.4. The van der Waals surface area contributed by atoms with Gasteiger partial charge in [-0.3, -0.25) is 0 Å². The lowest BCUT2D eigenvalue weighted by atomic mass is 10.1. The van der Waals surface area contributed by atoms with E-state index in [0.717, 1.165) is 5.39 Å². The lowest BCUT2D eigenvalue weighted by Gasteiger charge is -2.09. The molecule has 1 aromatic heterocycles. The van der Waals surface area contributed by atoms with Gasteiger partial charge in [0.25, 0.3) is 6.43 Å². The van der Waals surface area contributed by atoms with Gasteiger partial charge in [0.2, 0.25) is 0 Å². The number of nitrogens with zero attached hydrogens (tertiary/aromatic N) is 1. The largest absolute Gasteiger partial charge is 0.381 e. The molecule has 1 atom stereocenters. The van der Waals surface area contributed by atoms with E-state index in [9.17, 15) is 8.78 Å². The van der Waals surface area contributed by atoms with Crippen molar-refractivity contribution in [2.45, 2.75) is 12.5 Å². The first kappa shape index (κ1) is 9.98. The zero-order valence-corrected chi connectivity index (χ0v) is 7.77. The Morgan fingerprint density at radius 3 is 2.53 bits per heavy atom. The molecular weight excluding hydrogens is 200 g/mol. The molecule has 0 aliphatic rings. The Labute approximate surface area is 85.2 Å². The van der Waals surface area contributed by atoms with Crippen molar-refractivity contribution in [3.63, 3.8) is 0 Å². The van der Waals surface area contributed by atoms with Gasteiger partial charge in [-0.1, -0.05) is 24.3 Å². The highest BCUT2D eigenvalue weighted by Gasteiger charge is 2.20. The Kier molecular flexibility index (Phi) is 2.60. The van der Waals surface area contributed by atoms with E-state index < -0.39 is 12.5 Å². The van der Waals surface area contributed by atoms with Gasteiger partial charge in [0.1, 0.15) is 0 Å². The van der Waals surface area contributed by atoms with Crippen LogP contribution >= 0.6 is 0 Å². The molecule has 2 aromatic rings. The maximum atomic E-state index is 12.2. The standard InChI is InChI=1S/C11H9F2NO/c12-11(13)10(15)9-6-5-7-3-1-2-4-8(7)14-9/h1-6,10-11,15H. The quantitative estimate of drug-likeness (QED) is 0.824. The van der Waals surface area contributed by atoms with Crippen LogP contribution in [0, 0.1) is 0 Å². The second-order valence-corrected chi connectivity index (χ2v) is 3.21. The molecule has 2 nitrogen and oxygen atoms in total. The summed E-state index contributed by atoms with van der Waals surface area (Å²) in [5.74, 6) is 0. The number of rotatable bonds is 2. The smallest absolute Gasteiger partial charge is 0.269 e. The summed E-state index contributed by atoms with van der Waals surface area (Å²) >= 11 is 0. The summed E-state index contributed by atoms with van der Waals surface area (Å²) in [4.78, 5) is 3.97. The van der Waals surface area contributed by atoms with Crippen molar-refractivity contribution in [2.75, 3.05) is 0 Å². The number of hydrogen-bond donors (Lipinski definition) is 1. The van der Waals surface area contributed by atoms with Crippen LogP contribution in [0.25, 0.3) is 10.9 Å². The van der Waals surface area contributed by atoms with E-state index in [1.807, 2.05) is 12.1 Å². The van der Waals surface area contributed by atoms with Gasteiger partial charge in [-0.2, -0.15) is 0 Å². The van der Waals surface area contributed by atoms with Crippen LogP contribution in [0.2, 0.25) is 0 Å². The van der Waals surface area contributed by atoms with Crippen LogP contribution in [0.4, 0.5) is 8.78 Å². The molecule has 15 heavy (non-hydrogen) atoms. The second-order valence-electron chi connectivity index (χ2n) is 3.21. The molecule has 2 rings (SSSR count). The number of aromatic nitrogens is 1. The average Bonchev–Trinajstić information content (AvgIpc) is 2.27. The van der Waals surface area contributed by atoms with Crippen LogP contribution < -0.4 is 0 Å². The van der Waals surface area contributed by atoms with Gasteiger partial charge in [-0.05, 0) is 12.1 Å². The Balaban J connectivity index is 2.47. The van der Waals surface area contributed by atoms with E-state index in [1.54, 1.807) is 18.2 Å². The summed E-state index contributed by atoms with van der Waals surface area (Å²) in [6.45, 7) is 0. The highest BCUT2D eigenvalue weighted by molar-refractivity contribution is 5.78.